The molecule has 1 aromatic heterocycles. The van der Waals surface area contributed by atoms with Crippen molar-refractivity contribution >= 4 is 57.1 Å². The molecule has 1 aliphatic heterocycles. The number of hydrazine groups is 1. The van der Waals surface area contributed by atoms with Gasteiger partial charge in [0.1, 0.15) is 5.58 Å². The average Bonchev–Trinajstić information content (AvgIpc) is 3.09. The second-order valence-electron chi connectivity index (χ2n) is 7.04. The molecular formula is C23H19Cl2N3O3. The molecule has 2 aromatic carbocycles. The summed E-state index contributed by atoms with van der Waals surface area (Å²) in [6.45, 7) is 2.37. The molecule has 0 unspecified atom stereocenters. The first kappa shape index (κ1) is 21.0. The summed E-state index contributed by atoms with van der Waals surface area (Å²) in [5.74, 6) is -0.451. The van der Waals surface area contributed by atoms with Gasteiger partial charge in [-0.25, -0.2) is 0 Å². The molecule has 0 spiro atoms. The Morgan fingerprint density at radius 2 is 2.00 bits per heavy atom. The molecule has 0 saturated carbocycles. The van der Waals surface area contributed by atoms with Crippen LogP contribution >= 0.6 is 23.2 Å². The Balaban J connectivity index is 1.69. The van der Waals surface area contributed by atoms with Crippen molar-refractivity contribution in [1.82, 2.24) is 10.4 Å². The normalized spacial score (nSPS) is 13.4. The van der Waals surface area contributed by atoms with E-state index in [4.69, 9.17) is 33.4 Å². The van der Waals surface area contributed by atoms with Gasteiger partial charge in [0.05, 0.1) is 17.3 Å². The fourth-order valence-corrected chi connectivity index (χ4v) is 3.80. The molecule has 0 atom stereocenters. The van der Waals surface area contributed by atoms with E-state index in [9.17, 15) is 9.59 Å². The van der Waals surface area contributed by atoms with Crippen LogP contribution < -0.4 is 11.2 Å². The van der Waals surface area contributed by atoms with E-state index in [2.05, 4.69) is 5.43 Å². The fourth-order valence-electron chi connectivity index (χ4n) is 3.31. The summed E-state index contributed by atoms with van der Waals surface area (Å²) in [6, 6.07) is 10.1. The lowest BCUT2D eigenvalue weighted by molar-refractivity contribution is -0.124. The molecule has 1 amide bonds. The smallest absolute Gasteiger partial charge is 0.238 e. The van der Waals surface area contributed by atoms with E-state index in [1.165, 1.54) is 6.07 Å². The number of nitrogens with one attached hydrogen (secondary N) is 1. The zero-order valence-corrected chi connectivity index (χ0v) is 18.1. The number of anilines is 1. The van der Waals surface area contributed by atoms with E-state index < -0.39 is 5.78 Å². The monoisotopic (exact) mass is 455 g/mol. The van der Waals surface area contributed by atoms with Crippen molar-refractivity contribution in [2.45, 2.75) is 13.3 Å². The molecular weight excluding hydrogens is 437 g/mol. The summed E-state index contributed by atoms with van der Waals surface area (Å²) in [7, 11) is 0. The number of furan rings is 1. The van der Waals surface area contributed by atoms with Crippen LogP contribution in [0.5, 0.6) is 0 Å². The van der Waals surface area contributed by atoms with Gasteiger partial charge in [-0.3, -0.25) is 20.0 Å². The molecule has 0 fully saturated rings. The topological polar surface area (TPSA) is 88.6 Å². The van der Waals surface area contributed by atoms with Crippen LogP contribution in [0.1, 0.15) is 35.0 Å². The molecule has 0 aliphatic carbocycles. The number of rotatable bonds is 5. The van der Waals surface area contributed by atoms with E-state index in [1.54, 1.807) is 24.1 Å². The molecule has 1 aliphatic rings. The van der Waals surface area contributed by atoms with Crippen LogP contribution in [0.15, 0.2) is 59.2 Å². The number of allylic oxidation sites excluding steroid dienone is 2. The van der Waals surface area contributed by atoms with Crippen LogP contribution in [-0.4, -0.2) is 23.2 Å². The van der Waals surface area contributed by atoms with Gasteiger partial charge < -0.3 is 10.2 Å². The van der Waals surface area contributed by atoms with Crippen molar-refractivity contribution in [3.8, 4) is 0 Å². The molecule has 0 saturated heterocycles. The number of hydrogen-bond acceptors (Lipinski definition) is 5. The van der Waals surface area contributed by atoms with E-state index in [1.807, 2.05) is 36.6 Å². The van der Waals surface area contributed by atoms with Crippen molar-refractivity contribution in [2.75, 3.05) is 12.3 Å². The number of halogens is 2. The third-order valence-electron chi connectivity index (χ3n) is 4.93. The first-order valence-electron chi connectivity index (χ1n) is 9.64. The van der Waals surface area contributed by atoms with Crippen LogP contribution in [0.2, 0.25) is 10.0 Å². The molecule has 4 rings (SSSR count). The largest absolute Gasteiger partial charge is 0.450 e. The number of carbonyl (C=O) groups is 2. The van der Waals surface area contributed by atoms with Crippen molar-refractivity contribution < 1.29 is 14.0 Å². The van der Waals surface area contributed by atoms with Gasteiger partial charge in [-0.1, -0.05) is 48.3 Å². The molecule has 2 heterocycles. The van der Waals surface area contributed by atoms with Gasteiger partial charge in [0.25, 0.3) is 0 Å². The first-order chi connectivity index (χ1) is 14.9. The van der Waals surface area contributed by atoms with Gasteiger partial charge in [0.15, 0.2) is 5.76 Å². The summed E-state index contributed by atoms with van der Waals surface area (Å²) in [4.78, 5) is 24.6. The molecule has 6 nitrogen and oxygen atoms in total. The molecule has 3 aromatic rings. The van der Waals surface area contributed by atoms with Crippen LogP contribution in [-0.2, 0) is 4.79 Å². The number of hydrogen-bond donors (Lipinski definition) is 2. The molecule has 3 N–H and O–H groups in total. The minimum absolute atomic E-state index is 0.0290. The standard InChI is InChI=1S/C23H19Cl2N3O3/c1-2-20(29)27-28-9-3-4-14(12-28)13-5-7-17-19(10-13)31-23(21(17)26)22(30)16-8-6-15(24)11-18(16)25/h3-8,10-12H,2,9,26H2,1H3,(H,27,29). The lowest BCUT2D eigenvalue weighted by Crippen LogP contribution is -2.39. The average molecular weight is 456 g/mol. The van der Waals surface area contributed by atoms with Gasteiger partial charge in [-0.05, 0) is 41.5 Å². The van der Waals surface area contributed by atoms with Gasteiger partial charge >= 0.3 is 0 Å². The zero-order chi connectivity index (χ0) is 22.1. The van der Waals surface area contributed by atoms with E-state index >= 15 is 0 Å². The van der Waals surface area contributed by atoms with E-state index in [0.29, 0.717) is 29.0 Å². The third kappa shape index (κ3) is 4.17. The van der Waals surface area contributed by atoms with Crippen LogP contribution in [0.25, 0.3) is 16.5 Å². The number of carbonyl (C=O) groups excluding carboxylic acids is 2. The SMILES string of the molecule is CCC(=O)NN1C=C(c2ccc3c(N)c(C(=O)c4ccc(Cl)cc4Cl)oc3c2)C=CC1. The maximum atomic E-state index is 13.0. The Bertz CT molecular complexity index is 1260. The van der Waals surface area contributed by atoms with Gasteiger partial charge in [0, 0.05) is 28.6 Å². The highest BCUT2D eigenvalue weighted by atomic mass is 35.5. The summed E-state index contributed by atoms with van der Waals surface area (Å²) in [5, 5.41) is 3.01. The maximum Gasteiger partial charge on any atom is 0.238 e. The van der Waals surface area contributed by atoms with Gasteiger partial charge in [-0.2, -0.15) is 0 Å². The Kier molecular flexibility index (Phi) is 5.76. The summed E-state index contributed by atoms with van der Waals surface area (Å²) in [6.07, 6.45) is 6.15. The minimum Gasteiger partial charge on any atom is -0.450 e. The lowest BCUT2D eigenvalue weighted by atomic mass is 10.0. The Labute approximate surface area is 188 Å². The van der Waals surface area contributed by atoms with E-state index in [0.717, 1.165) is 11.1 Å². The molecule has 158 valence electrons. The van der Waals surface area contributed by atoms with Gasteiger partial charge in [-0.15, -0.1) is 0 Å². The summed E-state index contributed by atoms with van der Waals surface area (Å²) >= 11 is 12.1. The Hall–Kier alpha value is -3.22. The highest BCUT2D eigenvalue weighted by Crippen LogP contribution is 2.34. The second kappa shape index (κ2) is 8.49. The predicted octanol–water partition coefficient (Wildman–Crippen LogP) is 5.21. The number of nitrogens with zero attached hydrogens (tertiary/aromatic N) is 1. The molecule has 0 radical (unpaired) electrons. The number of nitrogens with two attached hydrogens (primary N) is 1. The van der Waals surface area contributed by atoms with Crippen molar-refractivity contribution in [2.24, 2.45) is 0 Å². The second-order valence-corrected chi connectivity index (χ2v) is 7.88. The Morgan fingerprint density at radius 1 is 1.19 bits per heavy atom. The van der Waals surface area contributed by atoms with Crippen LogP contribution in [0, 0.1) is 0 Å². The fraction of sp³-hybridized carbons (Fsp3) is 0.130. The Morgan fingerprint density at radius 3 is 2.74 bits per heavy atom. The third-order valence-corrected chi connectivity index (χ3v) is 5.48. The number of fused-ring (bicyclic) bond motifs is 1. The van der Waals surface area contributed by atoms with E-state index in [-0.39, 0.29) is 27.9 Å². The zero-order valence-electron chi connectivity index (χ0n) is 16.6. The lowest BCUT2D eigenvalue weighted by Gasteiger charge is -2.23. The molecule has 0 bridgehead atoms. The summed E-state index contributed by atoms with van der Waals surface area (Å²) < 4.78 is 5.84. The van der Waals surface area contributed by atoms with Crippen molar-refractivity contribution in [3.05, 3.63) is 81.7 Å². The number of ketones is 1. The number of nitrogen functional groups attached to an aromatic ring is 1. The van der Waals surface area contributed by atoms with Gasteiger partial charge in [0.2, 0.25) is 11.7 Å². The minimum atomic E-state index is -0.415. The highest BCUT2D eigenvalue weighted by molar-refractivity contribution is 6.37. The quantitative estimate of drug-likeness (QED) is 0.515. The van der Waals surface area contributed by atoms with Crippen LogP contribution in [0.4, 0.5) is 5.69 Å². The van der Waals surface area contributed by atoms with Crippen LogP contribution in [0.3, 0.4) is 0 Å². The summed E-state index contributed by atoms with van der Waals surface area (Å²) in [5.41, 5.74) is 11.8. The number of amides is 1. The highest BCUT2D eigenvalue weighted by Gasteiger charge is 2.22. The molecule has 31 heavy (non-hydrogen) atoms. The van der Waals surface area contributed by atoms with Crippen molar-refractivity contribution in [3.63, 3.8) is 0 Å². The van der Waals surface area contributed by atoms with Crippen molar-refractivity contribution in [1.29, 1.82) is 0 Å². The first-order valence-corrected chi connectivity index (χ1v) is 10.4. The predicted molar refractivity (Wildman–Crippen MR) is 123 cm³/mol. The maximum absolute atomic E-state index is 13.0. The molecule has 8 heteroatoms. The number of benzene rings is 2.